The number of benzene rings is 2. The molecular formula is C27H36N6O3S2. The van der Waals surface area contributed by atoms with Gasteiger partial charge < -0.3 is 9.88 Å². The third kappa shape index (κ3) is 6.45. The molecule has 0 spiro atoms. The van der Waals surface area contributed by atoms with E-state index in [0.29, 0.717) is 30.5 Å². The molecule has 1 amide bonds. The largest absolute Gasteiger partial charge is 0.325 e. The standard InChI is InChI=1S/C27H36N6O3S2/c1-5-24(31(3)4)25-29-30-27(33(25)19-21-11-7-6-8-12-21)37-20(2)26(34)28-22-13-15-23(16-14-22)38(35,36)32-17-9-10-18-32/h6-8,11-16,20,24H,5,9-10,17-19H2,1-4H3,(H,28,34)/t20-,24-/m1/s1. The van der Waals surface area contributed by atoms with Crippen LogP contribution >= 0.6 is 11.8 Å². The van der Waals surface area contributed by atoms with Gasteiger partial charge in [-0.3, -0.25) is 9.69 Å². The third-order valence-corrected chi connectivity index (χ3v) is 9.71. The average Bonchev–Trinajstić information content (AvgIpc) is 3.57. The van der Waals surface area contributed by atoms with Gasteiger partial charge in [0.15, 0.2) is 11.0 Å². The molecule has 2 atom stereocenters. The van der Waals surface area contributed by atoms with Gasteiger partial charge in [0.2, 0.25) is 15.9 Å². The highest BCUT2D eigenvalue weighted by molar-refractivity contribution is 8.00. The van der Waals surface area contributed by atoms with E-state index < -0.39 is 15.3 Å². The smallest absolute Gasteiger partial charge is 0.243 e. The molecule has 0 unspecified atom stereocenters. The molecule has 4 rings (SSSR count). The molecule has 0 aliphatic carbocycles. The van der Waals surface area contributed by atoms with Crippen molar-refractivity contribution < 1.29 is 13.2 Å². The second-order valence-corrected chi connectivity index (χ2v) is 12.9. The first-order chi connectivity index (χ1) is 18.2. The molecule has 0 radical (unpaired) electrons. The number of hydrogen-bond acceptors (Lipinski definition) is 7. The second kappa shape index (κ2) is 12.4. The lowest BCUT2D eigenvalue weighted by molar-refractivity contribution is -0.115. The Kier molecular flexibility index (Phi) is 9.24. The van der Waals surface area contributed by atoms with E-state index in [1.54, 1.807) is 24.3 Å². The molecule has 3 aromatic rings. The Balaban J connectivity index is 1.48. The number of aromatic nitrogens is 3. The summed E-state index contributed by atoms with van der Waals surface area (Å²) in [6.07, 6.45) is 2.65. The van der Waals surface area contributed by atoms with Crippen LogP contribution in [-0.2, 0) is 21.4 Å². The maximum Gasteiger partial charge on any atom is 0.243 e. The maximum atomic E-state index is 13.1. The number of carbonyl (C=O) groups excluding carboxylic acids is 1. The number of nitrogens with zero attached hydrogens (tertiary/aromatic N) is 5. The van der Waals surface area contributed by atoms with E-state index in [2.05, 4.69) is 44.0 Å². The van der Waals surface area contributed by atoms with Crippen molar-refractivity contribution in [3.05, 3.63) is 66.0 Å². The number of anilines is 1. The SMILES string of the molecule is CC[C@H](c1nnc(S[C@H](C)C(=O)Nc2ccc(S(=O)(=O)N3CCCC3)cc2)n1Cc1ccccc1)N(C)C. The summed E-state index contributed by atoms with van der Waals surface area (Å²) < 4.78 is 29.2. The molecule has 0 bridgehead atoms. The summed E-state index contributed by atoms with van der Waals surface area (Å²) in [5.74, 6) is 0.673. The zero-order valence-corrected chi connectivity index (χ0v) is 24.0. The number of hydrogen-bond donors (Lipinski definition) is 1. The van der Waals surface area contributed by atoms with Gasteiger partial charge in [-0.05, 0) is 70.1 Å². The molecule has 11 heteroatoms. The zero-order chi connectivity index (χ0) is 27.3. The molecule has 38 heavy (non-hydrogen) atoms. The summed E-state index contributed by atoms with van der Waals surface area (Å²) in [5, 5.41) is 12.1. The summed E-state index contributed by atoms with van der Waals surface area (Å²) in [7, 11) is 0.566. The summed E-state index contributed by atoms with van der Waals surface area (Å²) in [4.78, 5) is 15.4. The molecule has 2 heterocycles. The monoisotopic (exact) mass is 556 g/mol. The van der Waals surface area contributed by atoms with Gasteiger partial charge in [0.25, 0.3) is 0 Å². The quantitative estimate of drug-likeness (QED) is 0.353. The van der Waals surface area contributed by atoms with Crippen molar-refractivity contribution in [1.82, 2.24) is 24.0 Å². The number of nitrogens with one attached hydrogen (secondary N) is 1. The van der Waals surface area contributed by atoms with Crippen LogP contribution in [0.4, 0.5) is 5.69 Å². The van der Waals surface area contributed by atoms with Gasteiger partial charge in [0, 0.05) is 18.8 Å². The van der Waals surface area contributed by atoms with Crippen molar-refractivity contribution in [2.75, 3.05) is 32.5 Å². The number of rotatable bonds is 11. The van der Waals surface area contributed by atoms with Crippen LogP contribution in [0.2, 0.25) is 0 Å². The Hall–Kier alpha value is -2.73. The highest BCUT2D eigenvalue weighted by Crippen LogP contribution is 2.29. The minimum absolute atomic E-state index is 0.0973. The highest BCUT2D eigenvalue weighted by atomic mass is 32.2. The Bertz CT molecular complexity index is 1320. The maximum absolute atomic E-state index is 13.1. The molecule has 1 N–H and O–H groups in total. The van der Waals surface area contributed by atoms with Crippen LogP contribution in [0.5, 0.6) is 0 Å². The van der Waals surface area contributed by atoms with Crippen LogP contribution in [0.15, 0.2) is 64.6 Å². The van der Waals surface area contributed by atoms with Crippen LogP contribution in [0.25, 0.3) is 0 Å². The van der Waals surface area contributed by atoms with Crippen LogP contribution in [-0.4, -0.2) is 70.7 Å². The lowest BCUT2D eigenvalue weighted by atomic mass is 10.2. The minimum atomic E-state index is -3.49. The lowest BCUT2D eigenvalue weighted by Gasteiger charge is -2.23. The molecule has 1 fully saturated rings. The van der Waals surface area contributed by atoms with Crippen molar-refractivity contribution in [3.8, 4) is 0 Å². The summed E-state index contributed by atoms with van der Waals surface area (Å²) in [5.41, 5.74) is 1.68. The van der Waals surface area contributed by atoms with E-state index in [1.807, 2.05) is 39.2 Å². The Morgan fingerprint density at radius 2 is 1.71 bits per heavy atom. The van der Waals surface area contributed by atoms with E-state index in [-0.39, 0.29) is 16.8 Å². The fourth-order valence-electron chi connectivity index (χ4n) is 4.57. The minimum Gasteiger partial charge on any atom is -0.325 e. The predicted octanol–water partition coefficient (Wildman–Crippen LogP) is 4.24. The fourth-order valence-corrected chi connectivity index (χ4v) is 6.94. The first kappa shape index (κ1) is 28.3. The molecule has 1 aliphatic rings. The van der Waals surface area contributed by atoms with Crippen LogP contribution in [0.1, 0.15) is 50.5 Å². The van der Waals surface area contributed by atoms with Crippen LogP contribution in [0.3, 0.4) is 0 Å². The number of carbonyl (C=O) groups is 1. The van der Waals surface area contributed by atoms with Gasteiger partial charge >= 0.3 is 0 Å². The number of thioether (sulfide) groups is 1. The summed E-state index contributed by atoms with van der Waals surface area (Å²) in [6, 6.07) is 16.6. The van der Waals surface area contributed by atoms with E-state index in [0.717, 1.165) is 30.7 Å². The second-order valence-electron chi connectivity index (χ2n) is 9.69. The normalized spacial score (nSPS) is 16.0. The van der Waals surface area contributed by atoms with Crippen molar-refractivity contribution >= 4 is 33.4 Å². The van der Waals surface area contributed by atoms with Gasteiger partial charge in [-0.25, -0.2) is 8.42 Å². The Morgan fingerprint density at radius 3 is 2.32 bits per heavy atom. The van der Waals surface area contributed by atoms with Gasteiger partial charge in [-0.15, -0.1) is 10.2 Å². The first-order valence-electron chi connectivity index (χ1n) is 12.9. The van der Waals surface area contributed by atoms with Crippen molar-refractivity contribution in [1.29, 1.82) is 0 Å². The third-order valence-electron chi connectivity index (χ3n) is 6.71. The van der Waals surface area contributed by atoms with Gasteiger partial charge in [-0.1, -0.05) is 49.0 Å². The van der Waals surface area contributed by atoms with Gasteiger partial charge in [-0.2, -0.15) is 4.31 Å². The van der Waals surface area contributed by atoms with Crippen molar-refractivity contribution in [2.45, 2.75) is 61.0 Å². The number of sulfonamides is 1. The first-order valence-corrected chi connectivity index (χ1v) is 15.2. The molecule has 0 saturated carbocycles. The Labute approximate surface area is 229 Å². The van der Waals surface area contributed by atoms with Crippen molar-refractivity contribution in [2.24, 2.45) is 0 Å². The van der Waals surface area contributed by atoms with Gasteiger partial charge in [0.1, 0.15) is 0 Å². The fraction of sp³-hybridized carbons (Fsp3) is 0.444. The predicted molar refractivity (Wildman–Crippen MR) is 151 cm³/mol. The Morgan fingerprint density at radius 1 is 1.05 bits per heavy atom. The van der Waals surface area contributed by atoms with Gasteiger partial charge in [0.05, 0.1) is 22.7 Å². The lowest BCUT2D eigenvalue weighted by Crippen LogP contribution is -2.28. The molecule has 1 aromatic heterocycles. The van der Waals surface area contributed by atoms with E-state index in [4.69, 9.17) is 0 Å². The van der Waals surface area contributed by atoms with Crippen LogP contribution < -0.4 is 5.32 Å². The van der Waals surface area contributed by atoms with E-state index in [1.165, 1.54) is 16.1 Å². The summed E-state index contributed by atoms with van der Waals surface area (Å²) in [6.45, 7) is 5.67. The molecule has 1 aliphatic heterocycles. The topological polar surface area (TPSA) is 100 Å². The van der Waals surface area contributed by atoms with E-state index in [9.17, 15) is 13.2 Å². The average molecular weight is 557 g/mol. The van der Waals surface area contributed by atoms with E-state index >= 15 is 0 Å². The molecule has 1 saturated heterocycles. The highest BCUT2D eigenvalue weighted by Gasteiger charge is 2.28. The van der Waals surface area contributed by atoms with Crippen molar-refractivity contribution in [3.63, 3.8) is 0 Å². The number of amides is 1. The molecule has 204 valence electrons. The molecular weight excluding hydrogens is 520 g/mol. The molecule has 9 nitrogen and oxygen atoms in total. The molecule has 2 aromatic carbocycles. The van der Waals surface area contributed by atoms with Crippen LogP contribution in [0, 0.1) is 0 Å². The zero-order valence-electron chi connectivity index (χ0n) is 22.4. The summed E-state index contributed by atoms with van der Waals surface area (Å²) >= 11 is 1.36.